The van der Waals surface area contributed by atoms with Crippen molar-refractivity contribution >= 4 is 15.6 Å². The lowest BCUT2D eigenvalue weighted by Gasteiger charge is -2.28. The maximum absolute atomic E-state index is 11.8. The molecule has 1 fully saturated rings. The van der Waals surface area contributed by atoms with Gasteiger partial charge in [0.2, 0.25) is 0 Å². The Morgan fingerprint density at radius 3 is 2.64 bits per heavy atom. The quantitative estimate of drug-likeness (QED) is 0.427. The van der Waals surface area contributed by atoms with E-state index in [1.165, 1.54) is 13.3 Å². The van der Waals surface area contributed by atoms with Gasteiger partial charge >= 0.3 is 21.3 Å². The lowest BCUT2D eigenvalue weighted by atomic mass is 10.2. The molecule has 0 amide bonds. The molecule has 0 spiro atoms. The summed E-state index contributed by atoms with van der Waals surface area (Å²) in [5.41, 5.74) is -1.31. The Balaban J connectivity index is 2.09. The van der Waals surface area contributed by atoms with E-state index < -0.39 is 45.5 Å². The van der Waals surface area contributed by atoms with Gasteiger partial charge in [0, 0.05) is 25.8 Å². The van der Waals surface area contributed by atoms with Crippen LogP contribution in [-0.2, 0) is 27.4 Å². The van der Waals surface area contributed by atoms with Crippen LogP contribution in [-0.4, -0.2) is 43.7 Å². The normalized spacial score (nSPS) is 26.5. The minimum atomic E-state index is -5.25. The molecule has 0 aliphatic carbocycles. The highest BCUT2D eigenvalue weighted by atomic mass is 31.3. The minimum absolute atomic E-state index is 0.121. The summed E-state index contributed by atoms with van der Waals surface area (Å²) in [5, 5.41) is 0. The number of rotatable bonds is 7. The van der Waals surface area contributed by atoms with Crippen LogP contribution in [0.5, 0.6) is 0 Å². The standard InChI is InChI=1S/C10H16N2O11P2/c1-20-10(6-21-25(18,19)23-24(15,16)17)4-2-8(22-10)12-5-3-7(13)11-9(12)14/h3,5,8H,2,4,6H2,1H3,(H,18,19)(H,11,13,14)(H2,15,16,17). The van der Waals surface area contributed by atoms with Crippen molar-refractivity contribution in [3.8, 4) is 0 Å². The fourth-order valence-electron chi connectivity index (χ4n) is 2.21. The molecule has 142 valence electrons. The number of nitrogens with one attached hydrogen (secondary N) is 1. The van der Waals surface area contributed by atoms with E-state index in [4.69, 9.17) is 19.3 Å². The Bertz CT molecular complexity index is 829. The fraction of sp³-hybridized carbons (Fsp3) is 0.600. The van der Waals surface area contributed by atoms with Crippen LogP contribution in [0.3, 0.4) is 0 Å². The number of hydrogen-bond donors (Lipinski definition) is 4. The van der Waals surface area contributed by atoms with E-state index in [1.54, 1.807) is 0 Å². The predicted octanol–water partition coefficient (Wildman–Crippen LogP) is -0.585. The Morgan fingerprint density at radius 1 is 1.40 bits per heavy atom. The molecule has 1 saturated heterocycles. The first-order valence-corrected chi connectivity index (χ1v) is 9.77. The highest BCUT2D eigenvalue weighted by Crippen LogP contribution is 2.58. The van der Waals surface area contributed by atoms with Crippen molar-refractivity contribution in [2.45, 2.75) is 24.9 Å². The van der Waals surface area contributed by atoms with E-state index in [2.05, 4.69) is 13.8 Å². The lowest BCUT2D eigenvalue weighted by Crippen LogP contribution is -2.38. The van der Waals surface area contributed by atoms with E-state index in [9.17, 15) is 23.6 Å². The van der Waals surface area contributed by atoms with Crippen molar-refractivity contribution in [1.29, 1.82) is 0 Å². The number of ether oxygens (including phenoxy) is 2. The maximum Gasteiger partial charge on any atom is 0.481 e. The molecular weight excluding hydrogens is 386 g/mol. The van der Waals surface area contributed by atoms with Gasteiger partial charge in [-0.05, 0) is 6.42 Å². The topological polar surface area (TPSA) is 187 Å². The molecule has 15 heteroatoms. The highest BCUT2D eigenvalue weighted by molar-refractivity contribution is 7.60. The number of methoxy groups -OCH3 is 1. The summed E-state index contributed by atoms with van der Waals surface area (Å²) < 4.78 is 42.1. The third kappa shape index (κ3) is 5.42. The summed E-state index contributed by atoms with van der Waals surface area (Å²) in [4.78, 5) is 51.3. The fourth-order valence-corrected chi connectivity index (χ4v) is 3.84. The molecule has 2 heterocycles. The molecule has 0 saturated carbocycles. The average molecular weight is 402 g/mol. The number of H-pyrrole nitrogens is 1. The molecular formula is C10H16N2O11P2. The van der Waals surface area contributed by atoms with Crippen LogP contribution in [0.2, 0.25) is 0 Å². The molecule has 1 aliphatic rings. The Labute approximate surface area is 140 Å². The zero-order valence-electron chi connectivity index (χ0n) is 12.8. The van der Waals surface area contributed by atoms with Crippen LogP contribution in [0.15, 0.2) is 21.9 Å². The second kappa shape index (κ2) is 7.23. The molecule has 2 rings (SSSR count). The minimum Gasteiger partial charge on any atom is -0.351 e. The zero-order chi connectivity index (χ0) is 18.9. The first kappa shape index (κ1) is 20.2. The summed E-state index contributed by atoms with van der Waals surface area (Å²) in [5.74, 6) is -1.56. The third-order valence-electron chi connectivity index (χ3n) is 3.31. The van der Waals surface area contributed by atoms with Crippen molar-refractivity contribution in [3.05, 3.63) is 33.1 Å². The Morgan fingerprint density at radius 2 is 2.08 bits per heavy atom. The van der Waals surface area contributed by atoms with E-state index >= 15 is 0 Å². The zero-order valence-corrected chi connectivity index (χ0v) is 14.6. The first-order valence-electron chi connectivity index (χ1n) is 6.74. The highest BCUT2D eigenvalue weighted by Gasteiger charge is 2.45. The molecule has 4 N–H and O–H groups in total. The summed E-state index contributed by atoms with van der Waals surface area (Å²) in [6.45, 7) is -0.702. The number of aromatic amines is 1. The molecule has 25 heavy (non-hydrogen) atoms. The van der Waals surface area contributed by atoms with Crippen molar-refractivity contribution in [2.24, 2.45) is 0 Å². The molecule has 0 radical (unpaired) electrons. The van der Waals surface area contributed by atoms with Gasteiger partial charge < -0.3 is 24.2 Å². The molecule has 1 aliphatic heterocycles. The first-order chi connectivity index (χ1) is 11.5. The van der Waals surface area contributed by atoms with Gasteiger partial charge in [0.1, 0.15) is 12.8 Å². The van der Waals surface area contributed by atoms with Crippen LogP contribution in [0.25, 0.3) is 0 Å². The van der Waals surface area contributed by atoms with Gasteiger partial charge in [0.05, 0.1) is 0 Å². The Hall–Kier alpha value is -1.14. The van der Waals surface area contributed by atoms with E-state index in [0.717, 1.165) is 10.6 Å². The molecule has 1 aromatic rings. The molecule has 3 unspecified atom stereocenters. The van der Waals surface area contributed by atoms with Gasteiger partial charge in [-0.1, -0.05) is 0 Å². The van der Waals surface area contributed by atoms with Gasteiger partial charge in [0.25, 0.3) is 5.56 Å². The van der Waals surface area contributed by atoms with Crippen LogP contribution >= 0.6 is 15.6 Å². The van der Waals surface area contributed by atoms with Crippen molar-refractivity contribution in [2.75, 3.05) is 13.7 Å². The monoisotopic (exact) mass is 402 g/mol. The van der Waals surface area contributed by atoms with Crippen LogP contribution in [0.1, 0.15) is 19.1 Å². The van der Waals surface area contributed by atoms with E-state index in [1.807, 2.05) is 0 Å². The molecule has 0 bridgehead atoms. The van der Waals surface area contributed by atoms with Gasteiger partial charge in [0.15, 0.2) is 5.79 Å². The van der Waals surface area contributed by atoms with Crippen LogP contribution < -0.4 is 11.2 Å². The molecule has 1 aromatic heterocycles. The van der Waals surface area contributed by atoms with Crippen LogP contribution in [0.4, 0.5) is 0 Å². The molecule has 13 nitrogen and oxygen atoms in total. The smallest absolute Gasteiger partial charge is 0.351 e. The summed E-state index contributed by atoms with van der Waals surface area (Å²) in [7, 11) is -9.10. The average Bonchev–Trinajstić information content (AvgIpc) is 2.88. The van der Waals surface area contributed by atoms with Gasteiger partial charge in [-0.2, -0.15) is 4.31 Å². The van der Waals surface area contributed by atoms with Gasteiger partial charge in [-0.15, -0.1) is 0 Å². The maximum atomic E-state index is 11.8. The van der Waals surface area contributed by atoms with Crippen molar-refractivity contribution < 1.29 is 42.1 Å². The van der Waals surface area contributed by atoms with Gasteiger partial charge in [-0.25, -0.2) is 13.9 Å². The number of phosphoric ester groups is 1. The van der Waals surface area contributed by atoms with Crippen molar-refractivity contribution in [1.82, 2.24) is 9.55 Å². The second-order valence-electron chi connectivity index (χ2n) is 5.06. The predicted molar refractivity (Wildman–Crippen MR) is 79.3 cm³/mol. The molecule has 0 aromatic carbocycles. The van der Waals surface area contributed by atoms with Crippen molar-refractivity contribution in [3.63, 3.8) is 0 Å². The molecule has 3 atom stereocenters. The number of nitrogens with zero attached hydrogens (tertiary/aromatic N) is 1. The number of hydrogen-bond acceptors (Lipinski definition) is 8. The van der Waals surface area contributed by atoms with Gasteiger partial charge in [-0.3, -0.25) is 18.9 Å². The lowest BCUT2D eigenvalue weighted by molar-refractivity contribution is -0.240. The number of phosphoric acid groups is 2. The van der Waals surface area contributed by atoms with E-state index in [0.29, 0.717) is 0 Å². The summed E-state index contributed by atoms with van der Waals surface area (Å²) >= 11 is 0. The second-order valence-corrected chi connectivity index (χ2v) is 7.89. The number of aromatic nitrogens is 2. The largest absolute Gasteiger partial charge is 0.481 e. The van der Waals surface area contributed by atoms with Crippen LogP contribution in [0, 0.1) is 0 Å². The SMILES string of the molecule is COC1(COP(=O)(O)OP(=O)(O)O)CCC(n2ccc(=O)[nH]c2=O)O1. The summed E-state index contributed by atoms with van der Waals surface area (Å²) in [6, 6.07) is 1.11. The summed E-state index contributed by atoms with van der Waals surface area (Å²) in [6.07, 6.45) is 0.717. The third-order valence-corrected chi connectivity index (χ3v) is 5.45. The van der Waals surface area contributed by atoms with E-state index in [-0.39, 0.29) is 12.8 Å². The Kier molecular flexibility index (Phi) is 5.84.